The second-order valence-corrected chi connectivity index (χ2v) is 8.73. The first-order valence-electron chi connectivity index (χ1n) is 11.3. The minimum absolute atomic E-state index is 0.0593. The van der Waals surface area contributed by atoms with Gasteiger partial charge in [-0.3, -0.25) is 29.0 Å². The lowest BCUT2D eigenvalue weighted by molar-refractivity contribution is -0.137. The van der Waals surface area contributed by atoms with Gasteiger partial charge in [0.1, 0.15) is 23.9 Å². The Labute approximate surface area is 220 Å². The summed E-state index contributed by atoms with van der Waals surface area (Å²) in [6.07, 6.45) is 5.40. The summed E-state index contributed by atoms with van der Waals surface area (Å²) in [5.41, 5.74) is 12.7. The van der Waals surface area contributed by atoms with Gasteiger partial charge in [0.25, 0.3) is 5.91 Å². The summed E-state index contributed by atoms with van der Waals surface area (Å²) in [4.78, 5) is 50.9. The summed E-state index contributed by atoms with van der Waals surface area (Å²) in [6, 6.07) is 3.95. The van der Waals surface area contributed by atoms with E-state index >= 15 is 0 Å². The van der Waals surface area contributed by atoms with Crippen LogP contribution in [0.5, 0.6) is 0 Å². The average molecular weight is 540 g/mol. The number of nitrogens with two attached hydrogens (primary N) is 2. The number of primary amides is 1. The van der Waals surface area contributed by atoms with Gasteiger partial charge >= 0.3 is 0 Å². The number of amides is 3. The van der Waals surface area contributed by atoms with E-state index < -0.39 is 29.9 Å². The van der Waals surface area contributed by atoms with Crippen molar-refractivity contribution in [3.05, 3.63) is 65.5 Å². The van der Waals surface area contributed by atoms with Gasteiger partial charge in [-0.25, -0.2) is 9.37 Å². The summed E-state index contributed by atoms with van der Waals surface area (Å²) >= 11 is 5.80. The monoisotopic (exact) mass is 539 g/mol. The van der Waals surface area contributed by atoms with Crippen molar-refractivity contribution in [2.75, 3.05) is 11.9 Å². The number of hydrogen-bond acceptors (Lipinski definition) is 8. The molecule has 14 heteroatoms. The molecule has 5 N–H and O–H groups in total. The highest BCUT2D eigenvalue weighted by molar-refractivity contribution is 6.29. The molecule has 3 amide bonds. The van der Waals surface area contributed by atoms with E-state index in [4.69, 9.17) is 23.1 Å². The number of aliphatic imine (C=N–C) groups is 1. The van der Waals surface area contributed by atoms with E-state index in [2.05, 4.69) is 32.1 Å². The van der Waals surface area contributed by atoms with Crippen LogP contribution in [0.3, 0.4) is 0 Å². The molecule has 1 aliphatic rings. The molecule has 2 atom stereocenters. The van der Waals surface area contributed by atoms with E-state index in [0.29, 0.717) is 22.0 Å². The molecule has 0 bridgehead atoms. The van der Waals surface area contributed by atoms with Crippen LogP contribution in [-0.4, -0.2) is 67.8 Å². The van der Waals surface area contributed by atoms with Crippen molar-refractivity contribution >= 4 is 58.3 Å². The van der Waals surface area contributed by atoms with Gasteiger partial charge < -0.3 is 21.7 Å². The molecule has 12 nitrogen and oxygen atoms in total. The largest absolute Gasteiger partial charge is 0.405 e. The van der Waals surface area contributed by atoms with Crippen molar-refractivity contribution in [2.45, 2.75) is 25.2 Å². The van der Waals surface area contributed by atoms with Gasteiger partial charge in [-0.2, -0.15) is 5.10 Å². The third-order valence-electron chi connectivity index (χ3n) is 5.84. The van der Waals surface area contributed by atoms with Crippen LogP contribution in [0.2, 0.25) is 5.15 Å². The molecule has 4 rings (SSSR count). The highest BCUT2D eigenvalue weighted by Crippen LogP contribution is 2.27. The fourth-order valence-corrected chi connectivity index (χ4v) is 4.36. The number of allylic oxidation sites excluding steroid dienone is 2. The summed E-state index contributed by atoms with van der Waals surface area (Å²) < 4.78 is 15.6. The van der Waals surface area contributed by atoms with Crippen molar-refractivity contribution < 1.29 is 18.8 Å². The van der Waals surface area contributed by atoms with Crippen LogP contribution < -0.4 is 16.8 Å². The Kier molecular flexibility index (Phi) is 7.76. The number of fused-ring (bicyclic) bond motifs is 1. The van der Waals surface area contributed by atoms with Gasteiger partial charge in [0, 0.05) is 23.6 Å². The van der Waals surface area contributed by atoms with Gasteiger partial charge in [0.05, 0.1) is 24.5 Å². The molecule has 0 aliphatic carbocycles. The second kappa shape index (κ2) is 11.2. The molecule has 0 saturated carbocycles. The molecule has 38 heavy (non-hydrogen) atoms. The Morgan fingerprint density at radius 2 is 2.11 bits per heavy atom. The Morgan fingerprint density at radius 1 is 1.32 bits per heavy atom. The van der Waals surface area contributed by atoms with E-state index in [1.165, 1.54) is 29.5 Å². The second-order valence-electron chi connectivity index (χ2n) is 8.34. The Bertz CT molecular complexity index is 1490. The maximum Gasteiger partial charge on any atom is 0.269 e. The number of nitrogens with zero attached hydrogens (tertiary/aromatic N) is 6. The molecular formula is C24H23ClFN9O3. The lowest BCUT2D eigenvalue weighted by Crippen LogP contribution is -2.44. The highest BCUT2D eigenvalue weighted by atomic mass is 35.5. The molecule has 196 valence electrons. The quantitative estimate of drug-likeness (QED) is 0.288. The molecule has 0 unspecified atom stereocenters. The summed E-state index contributed by atoms with van der Waals surface area (Å²) in [5, 5.41) is 7.19. The number of carbonyl (C=O) groups excluding carboxylic acids is 3. The van der Waals surface area contributed by atoms with Crippen molar-refractivity contribution in [2.24, 2.45) is 16.5 Å². The highest BCUT2D eigenvalue weighted by Gasteiger charge is 2.40. The number of anilines is 1. The standard InChI is InChI=1S/C24H23ClFN9O3/c1-29-8-14(4-5-27)13-2-3-17-16(6-13)22(23(28)37)33-35(17)12-21(36)34-11-15(26)7-18(34)24(38)32-20-10-30-9-19(25)31-20/h2-6,8-10,15,18H,1,7,11-12,27H2,(H2,28,37)(H,31,32,38)/b5-4-,14-8+/t15-,18+/m1/s1. The normalized spacial score (nSPS) is 17.7. The zero-order valence-electron chi connectivity index (χ0n) is 19.9. The minimum Gasteiger partial charge on any atom is -0.405 e. The number of carbonyl (C=O) groups is 3. The molecule has 3 heterocycles. The third kappa shape index (κ3) is 5.52. The SMILES string of the molecule is C=N/C=C(\C=C/N)c1ccc2c(c1)c(C(N)=O)nn2CC(=O)N1C[C@H](F)C[C@H]1C(=O)Nc1cncc(Cl)n1. The Morgan fingerprint density at radius 3 is 2.79 bits per heavy atom. The molecule has 1 aromatic carbocycles. The molecular weight excluding hydrogens is 517 g/mol. The molecule has 0 spiro atoms. The summed E-state index contributed by atoms with van der Waals surface area (Å²) in [7, 11) is 0. The van der Waals surface area contributed by atoms with Crippen LogP contribution in [0.1, 0.15) is 22.5 Å². The zero-order chi connectivity index (χ0) is 27.4. The van der Waals surface area contributed by atoms with Crippen LogP contribution in [0.25, 0.3) is 16.5 Å². The van der Waals surface area contributed by atoms with E-state index in [1.807, 2.05) is 0 Å². The number of benzene rings is 1. The lowest BCUT2D eigenvalue weighted by Gasteiger charge is -2.23. The van der Waals surface area contributed by atoms with Gasteiger partial charge in [-0.15, -0.1) is 0 Å². The van der Waals surface area contributed by atoms with Crippen molar-refractivity contribution in [3.8, 4) is 0 Å². The first-order chi connectivity index (χ1) is 18.2. The number of halogens is 2. The number of rotatable bonds is 8. The summed E-state index contributed by atoms with van der Waals surface area (Å²) in [6.45, 7) is 2.80. The van der Waals surface area contributed by atoms with E-state index in [1.54, 1.807) is 24.3 Å². The van der Waals surface area contributed by atoms with Crippen molar-refractivity contribution in [1.82, 2.24) is 24.6 Å². The molecule has 2 aromatic heterocycles. The number of likely N-dealkylation sites (tertiary alicyclic amines) is 1. The molecule has 1 aliphatic heterocycles. The third-order valence-corrected chi connectivity index (χ3v) is 6.02. The molecule has 1 fully saturated rings. The Hall–Kier alpha value is -4.65. The lowest BCUT2D eigenvalue weighted by atomic mass is 10.0. The number of alkyl halides is 1. The Balaban J connectivity index is 1.62. The van der Waals surface area contributed by atoms with Crippen LogP contribution in [0, 0.1) is 0 Å². The van der Waals surface area contributed by atoms with Gasteiger partial charge in [-0.1, -0.05) is 17.7 Å². The smallest absolute Gasteiger partial charge is 0.269 e. The van der Waals surface area contributed by atoms with E-state index in [-0.39, 0.29) is 36.2 Å². The van der Waals surface area contributed by atoms with Gasteiger partial charge in [-0.05, 0) is 36.7 Å². The predicted octanol–water partition coefficient (Wildman–Crippen LogP) is 1.67. The number of hydrogen-bond donors (Lipinski definition) is 3. The van der Waals surface area contributed by atoms with Gasteiger partial charge in [0.2, 0.25) is 11.8 Å². The van der Waals surface area contributed by atoms with Crippen LogP contribution in [-0.2, 0) is 16.1 Å². The first-order valence-corrected chi connectivity index (χ1v) is 11.7. The number of nitrogens with one attached hydrogen (secondary N) is 1. The minimum atomic E-state index is -1.41. The fraction of sp³-hybridized carbons (Fsp3) is 0.208. The maximum atomic E-state index is 14.4. The topological polar surface area (TPSA) is 174 Å². The number of aromatic nitrogens is 4. The van der Waals surface area contributed by atoms with E-state index in [0.717, 1.165) is 4.90 Å². The van der Waals surface area contributed by atoms with Crippen molar-refractivity contribution in [1.29, 1.82) is 0 Å². The van der Waals surface area contributed by atoms with Crippen LogP contribution in [0.4, 0.5) is 10.2 Å². The van der Waals surface area contributed by atoms with E-state index in [9.17, 15) is 18.8 Å². The zero-order valence-corrected chi connectivity index (χ0v) is 20.7. The first kappa shape index (κ1) is 26.4. The predicted molar refractivity (Wildman–Crippen MR) is 140 cm³/mol. The maximum absolute atomic E-state index is 14.4. The molecule has 3 aromatic rings. The van der Waals surface area contributed by atoms with Crippen molar-refractivity contribution in [3.63, 3.8) is 0 Å². The molecule has 1 saturated heterocycles. The average Bonchev–Trinajstić information content (AvgIpc) is 3.44. The molecule has 0 radical (unpaired) electrons. The van der Waals surface area contributed by atoms with Crippen LogP contribution in [0.15, 0.2) is 54.1 Å². The summed E-state index contributed by atoms with van der Waals surface area (Å²) in [5.74, 6) is -1.94. The fourth-order valence-electron chi connectivity index (χ4n) is 4.22. The van der Waals surface area contributed by atoms with Gasteiger partial charge in [0.15, 0.2) is 11.5 Å². The van der Waals surface area contributed by atoms with Crippen LogP contribution >= 0.6 is 11.6 Å².